The summed E-state index contributed by atoms with van der Waals surface area (Å²) < 4.78 is 1.10. The Labute approximate surface area is 166 Å². The largest absolute Gasteiger partial charge is 0.343 e. The second-order valence-corrected chi connectivity index (χ2v) is 9.22. The monoisotopic (exact) mass is 399 g/mol. The average Bonchev–Trinajstić information content (AvgIpc) is 3.18. The molecule has 27 heavy (non-hydrogen) atoms. The summed E-state index contributed by atoms with van der Waals surface area (Å²) in [7, 11) is 0. The Morgan fingerprint density at radius 1 is 1.15 bits per heavy atom. The van der Waals surface area contributed by atoms with Crippen molar-refractivity contribution in [3.63, 3.8) is 0 Å². The topological polar surface area (TPSA) is 62.3 Å². The second kappa shape index (κ2) is 7.05. The predicted molar refractivity (Wildman–Crippen MR) is 110 cm³/mol. The van der Waals surface area contributed by atoms with Crippen LogP contribution in [0.5, 0.6) is 0 Å². The molecular weight excluding hydrogens is 378 g/mol. The number of amides is 2. The van der Waals surface area contributed by atoms with Gasteiger partial charge in [-0.1, -0.05) is 41.7 Å². The molecule has 1 N–H and O–H groups in total. The van der Waals surface area contributed by atoms with Gasteiger partial charge in [-0.3, -0.25) is 9.59 Å². The van der Waals surface area contributed by atoms with Crippen LogP contribution < -0.4 is 5.32 Å². The number of rotatable bonds is 3. The molecule has 2 aromatic heterocycles. The van der Waals surface area contributed by atoms with Gasteiger partial charge in [-0.15, -0.1) is 11.3 Å². The molecule has 0 radical (unpaired) electrons. The molecule has 140 valence electrons. The fourth-order valence-corrected chi connectivity index (χ4v) is 5.74. The van der Waals surface area contributed by atoms with Gasteiger partial charge < -0.3 is 10.2 Å². The lowest BCUT2D eigenvalue weighted by Gasteiger charge is -2.40. The van der Waals surface area contributed by atoms with Crippen molar-refractivity contribution >= 4 is 49.1 Å². The van der Waals surface area contributed by atoms with Crippen molar-refractivity contribution < 1.29 is 9.59 Å². The summed E-state index contributed by atoms with van der Waals surface area (Å²) in [5, 5.41) is 3.71. The number of carbonyl (C=O) groups is 2. The molecule has 3 heterocycles. The molecule has 0 spiro atoms. The normalized spacial score (nSPS) is 16.4. The average molecular weight is 400 g/mol. The number of hydrogen-bond acceptors (Lipinski definition) is 5. The van der Waals surface area contributed by atoms with E-state index in [1.54, 1.807) is 18.3 Å². The minimum atomic E-state index is -0.637. The van der Waals surface area contributed by atoms with Gasteiger partial charge in [-0.2, -0.15) is 0 Å². The molecular formula is C20H21N3O2S2. The Hall–Kier alpha value is -2.25. The molecule has 0 atom stereocenters. The van der Waals surface area contributed by atoms with Crippen molar-refractivity contribution in [1.82, 2.24) is 9.88 Å². The summed E-state index contributed by atoms with van der Waals surface area (Å²) in [6.45, 7) is 4.82. The Bertz CT molecular complexity index is 954. The third-order valence-electron chi connectivity index (χ3n) is 5.26. The molecule has 0 saturated carbocycles. The molecule has 0 bridgehead atoms. The minimum Gasteiger partial charge on any atom is -0.343 e. The zero-order valence-corrected chi connectivity index (χ0v) is 17.0. The summed E-state index contributed by atoms with van der Waals surface area (Å²) in [6, 6.07) is 12.0. The molecule has 0 unspecified atom stereocenters. The van der Waals surface area contributed by atoms with Gasteiger partial charge in [0.15, 0.2) is 5.13 Å². The molecule has 5 nitrogen and oxygen atoms in total. The molecule has 1 saturated heterocycles. The zero-order chi connectivity index (χ0) is 19.0. The maximum Gasteiger partial charge on any atom is 0.236 e. The molecule has 1 aliphatic heterocycles. The second-order valence-electron chi connectivity index (χ2n) is 6.95. The summed E-state index contributed by atoms with van der Waals surface area (Å²) in [5.41, 5.74) is 0.363. The number of thiophene rings is 1. The number of likely N-dealkylation sites (tertiary alicyclic amines) is 1. The van der Waals surface area contributed by atoms with Crippen LogP contribution in [0.15, 0.2) is 36.4 Å². The van der Waals surface area contributed by atoms with Gasteiger partial charge in [0.05, 0.1) is 10.1 Å². The van der Waals surface area contributed by atoms with Crippen molar-refractivity contribution in [2.45, 2.75) is 32.1 Å². The maximum atomic E-state index is 13.4. The van der Waals surface area contributed by atoms with Crippen LogP contribution in [0.3, 0.4) is 0 Å². The number of carbonyl (C=O) groups excluding carboxylic acids is 2. The fraction of sp³-hybridized carbons (Fsp3) is 0.350. The smallest absolute Gasteiger partial charge is 0.236 e. The molecule has 4 rings (SSSR count). The first-order valence-corrected chi connectivity index (χ1v) is 10.6. The van der Waals surface area contributed by atoms with Gasteiger partial charge in [-0.25, -0.2) is 4.98 Å². The van der Waals surface area contributed by atoms with E-state index in [1.807, 2.05) is 35.2 Å². The first kappa shape index (κ1) is 18.1. The lowest BCUT2D eigenvalue weighted by atomic mass is 9.72. The van der Waals surface area contributed by atoms with E-state index < -0.39 is 5.41 Å². The number of hydrogen-bond donors (Lipinski definition) is 1. The molecule has 3 aromatic rings. The van der Waals surface area contributed by atoms with Crippen LogP contribution in [-0.4, -0.2) is 34.8 Å². The van der Waals surface area contributed by atoms with Crippen LogP contribution in [0.25, 0.3) is 9.53 Å². The third kappa shape index (κ3) is 3.37. The van der Waals surface area contributed by atoms with Crippen molar-refractivity contribution in [2.24, 2.45) is 0 Å². The molecule has 1 fully saturated rings. The number of benzene rings is 1. The van der Waals surface area contributed by atoms with Crippen molar-refractivity contribution in [3.8, 4) is 0 Å². The highest BCUT2D eigenvalue weighted by Crippen LogP contribution is 2.38. The Kier molecular flexibility index (Phi) is 4.74. The zero-order valence-electron chi connectivity index (χ0n) is 15.3. The van der Waals surface area contributed by atoms with Crippen LogP contribution in [0.2, 0.25) is 0 Å². The van der Waals surface area contributed by atoms with Crippen molar-refractivity contribution in [3.05, 3.63) is 46.8 Å². The van der Waals surface area contributed by atoms with E-state index in [0.29, 0.717) is 31.1 Å². The van der Waals surface area contributed by atoms with E-state index in [9.17, 15) is 9.59 Å². The third-order valence-corrected chi connectivity index (χ3v) is 7.25. The summed E-state index contributed by atoms with van der Waals surface area (Å²) in [5.74, 6) is 0.0302. The van der Waals surface area contributed by atoms with E-state index in [1.165, 1.54) is 16.2 Å². The van der Waals surface area contributed by atoms with Gasteiger partial charge in [0, 0.05) is 24.9 Å². The highest BCUT2D eigenvalue weighted by atomic mass is 32.1. The molecule has 2 amide bonds. The van der Waals surface area contributed by atoms with Gasteiger partial charge in [0.25, 0.3) is 0 Å². The van der Waals surface area contributed by atoms with Crippen molar-refractivity contribution in [1.29, 1.82) is 0 Å². The highest BCUT2D eigenvalue weighted by molar-refractivity contribution is 7.29. The quantitative estimate of drug-likeness (QED) is 0.718. The van der Waals surface area contributed by atoms with Crippen LogP contribution >= 0.6 is 22.7 Å². The van der Waals surface area contributed by atoms with E-state index in [-0.39, 0.29) is 11.8 Å². The fourth-order valence-electron chi connectivity index (χ4n) is 3.73. The van der Waals surface area contributed by atoms with Crippen LogP contribution in [0.1, 0.15) is 30.2 Å². The van der Waals surface area contributed by atoms with Gasteiger partial charge >= 0.3 is 0 Å². The first-order valence-electron chi connectivity index (χ1n) is 8.97. The SMILES string of the molecule is CC(=O)N1CCC(C(=O)Nc2nc3sc(C)cc3s2)(c2ccccc2)CC1. The Morgan fingerprint density at radius 2 is 1.85 bits per heavy atom. The van der Waals surface area contributed by atoms with Crippen LogP contribution in [0, 0.1) is 6.92 Å². The standard InChI is InChI=1S/C20H21N3O2S2/c1-13-12-16-17(26-13)21-19(27-16)22-18(25)20(15-6-4-3-5-7-15)8-10-23(11-9-20)14(2)24/h3-7,12H,8-11H2,1-2H3,(H,21,22,25). The number of fused-ring (bicyclic) bond motifs is 1. The number of thiazole rings is 1. The number of piperidine rings is 1. The highest BCUT2D eigenvalue weighted by Gasteiger charge is 2.43. The molecule has 1 aromatic carbocycles. The number of aromatic nitrogens is 1. The van der Waals surface area contributed by atoms with Gasteiger partial charge in [0.1, 0.15) is 4.83 Å². The number of nitrogens with zero attached hydrogens (tertiary/aromatic N) is 2. The lowest BCUT2D eigenvalue weighted by molar-refractivity contribution is -0.133. The van der Waals surface area contributed by atoms with E-state index in [2.05, 4.69) is 23.3 Å². The predicted octanol–water partition coefficient (Wildman–Crippen LogP) is 4.19. The molecule has 1 aliphatic rings. The van der Waals surface area contributed by atoms with Gasteiger partial charge in [-0.05, 0) is 31.4 Å². The van der Waals surface area contributed by atoms with E-state index >= 15 is 0 Å². The summed E-state index contributed by atoms with van der Waals surface area (Å²) in [4.78, 5) is 33.7. The maximum absolute atomic E-state index is 13.4. The van der Waals surface area contributed by atoms with E-state index in [0.717, 1.165) is 15.1 Å². The first-order chi connectivity index (χ1) is 13.0. The summed E-state index contributed by atoms with van der Waals surface area (Å²) in [6.07, 6.45) is 1.22. The molecule has 0 aliphatic carbocycles. The number of aryl methyl sites for hydroxylation is 1. The van der Waals surface area contributed by atoms with Crippen LogP contribution in [0.4, 0.5) is 5.13 Å². The van der Waals surface area contributed by atoms with E-state index in [4.69, 9.17) is 0 Å². The van der Waals surface area contributed by atoms with Crippen molar-refractivity contribution in [2.75, 3.05) is 18.4 Å². The summed E-state index contributed by atoms with van der Waals surface area (Å²) >= 11 is 3.15. The minimum absolute atomic E-state index is 0.0324. The lowest BCUT2D eigenvalue weighted by Crippen LogP contribution is -2.50. The van der Waals surface area contributed by atoms with Gasteiger partial charge in [0.2, 0.25) is 11.8 Å². The molecule has 7 heteroatoms. The van der Waals surface area contributed by atoms with Crippen LogP contribution in [-0.2, 0) is 15.0 Å². The Morgan fingerprint density at radius 3 is 2.48 bits per heavy atom. The Balaban J connectivity index is 1.62. The number of anilines is 1. The number of nitrogens with one attached hydrogen (secondary N) is 1.